The minimum atomic E-state index is -0.269. The van der Waals surface area contributed by atoms with Crippen LogP contribution in [0.2, 0.25) is 5.02 Å². The van der Waals surface area contributed by atoms with Crippen LogP contribution >= 0.6 is 11.6 Å². The quantitative estimate of drug-likeness (QED) is 0.629. The third-order valence-corrected chi connectivity index (χ3v) is 5.85. The zero-order chi connectivity index (χ0) is 19.8. The molecule has 1 fully saturated rings. The number of anilines is 1. The molecule has 1 amide bonds. The van der Waals surface area contributed by atoms with Crippen molar-refractivity contribution < 1.29 is 14.3 Å². The van der Waals surface area contributed by atoms with E-state index in [1.54, 1.807) is 31.2 Å². The maximum Gasteiger partial charge on any atom is 0.259 e. The van der Waals surface area contributed by atoms with Crippen molar-refractivity contribution in [2.45, 2.75) is 33.2 Å². The number of hydrogen-bond acceptors (Lipinski definition) is 4. The molecule has 0 bridgehead atoms. The van der Waals surface area contributed by atoms with Gasteiger partial charge in [0.25, 0.3) is 5.91 Å². The highest BCUT2D eigenvalue weighted by Gasteiger charge is 2.25. The lowest BCUT2D eigenvalue weighted by atomic mass is 10.0. The smallest absolute Gasteiger partial charge is 0.259 e. The largest absolute Gasteiger partial charge is 0.508 e. The van der Waals surface area contributed by atoms with Crippen LogP contribution < -0.4 is 5.32 Å². The molecule has 0 atom stereocenters. The molecule has 0 unspecified atom stereocenters. The number of nitrogens with zero attached hydrogens (tertiary/aromatic N) is 1. The minimum Gasteiger partial charge on any atom is -0.508 e. The number of nitrogens with one attached hydrogen (secondary N) is 1. The maximum atomic E-state index is 13.2. The Labute approximate surface area is 168 Å². The molecule has 1 aromatic heterocycles. The van der Waals surface area contributed by atoms with Crippen molar-refractivity contribution in [3.63, 3.8) is 0 Å². The molecule has 1 saturated heterocycles. The Morgan fingerprint density at radius 2 is 1.96 bits per heavy atom. The normalized spacial score (nSPS) is 14.7. The van der Waals surface area contributed by atoms with Gasteiger partial charge in [-0.2, -0.15) is 0 Å². The van der Waals surface area contributed by atoms with Crippen LogP contribution in [0.15, 0.2) is 34.7 Å². The average molecular weight is 399 g/mol. The van der Waals surface area contributed by atoms with Crippen molar-refractivity contribution in [3.05, 3.63) is 57.8 Å². The molecular weight excluding hydrogens is 376 g/mol. The number of carbonyl (C=O) groups is 1. The molecule has 0 radical (unpaired) electrons. The van der Waals surface area contributed by atoms with Gasteiger partial charge in [0.1, 0.15) is 17.1 Å². The predicted molar refractivity (Wildman–Crippen MR) is 111 cm³/mol. The summed E-state index contributed by atoms with van der Waals surface area (Å²) in [6.07, 6.45) is 2.31. The van der Waals surface area contributed by atoms with E-state index in [1.807, 2.05) is 13.0 Å². The Kier molecular flexibility index (Phi) is 5.04. The second-order valence-electron chi connectivity index (χ2n) is 7.32. The first-order chi connectivity index (χ1) is 13.5. The number of likely N-dealkylation sites (tertiary alicyclic amines) is 1. The third-order valence-electron chi connectivity index (χ3n) is 5.44. The first-order valence-electron chi connectivity index (χ1n) is 9.48. The number of fused-ring (bicyclic) bond motifs is 1. The Hall–Kier alpha value is -2.50. The molecule has 0 spiro atoms. The van der Waals surface area contributed by atoms with E-state index in [2.05, 4.69) is 10.2 Å². The van der Waals surface area contributed by atoms with Gasteiger partial charge in [0, 0.05) is 28.2 Å². The third kappa shape index (κ3) is 3.36. The van der Waals surface area contributed by atoms with E-state index in [4.69, 9.17) is 16.0 Å². The molecule has 6 heteroatoms. The highest BCUT2D eigenvalue weighted by atomic mass is 35.5. The van der Waals surface area contributed by atoms with Gasteiger partial charge in [0.2, 0.25) is 0 Å². The van der Waals surface area contributed by atoms with Crippen LogP contribution in [-0.2, 0) is 6.54 Å². The van der Waals surface area contributed by atoms with Crippen molar-refractivity contribution in [2.24, 2.45) is 0 Å². The molecule has 2 aromatic carbocycles. The SMILES string of the molecule is Cc1oc2ccc(O)c(CN3CCCC3)c2c1C(=O)Nc1cccc(Cl)c1C. The van der Waals surface area contributed by atoms with Crippen molar-refractivity contribution in [2.75, 3.05) is 18.4 Å². The fourth-order valence-corrected chi connectivity index (χ4v) is 4.07. The monoisotopic (exact) mass is 398 g/mol. The summed E-state index contributed by atoms with van der Waals surface area (Å²) in [5.74, 6) is 0.448. The van der Waals surface area contributed by atoms with Crippen LogP contribution in [0.25, 0.3) is 11.0 Å². The van der Waals surface area contributed by atoms with Gasteiger partial charge >= 0.3 is 0 Å². The molecular formula is C22H23ClN2O3. The molecule has 146 valence electrons. The second kappa shape index (κ2) is 7.49. The number of benzene rings is 2. The minimum absolute atomic E-state index is 0.188. The Balaban J connectivity index is 1.77. The standard InChI is InChI=1S/C22H23ClN2O3/c1-13-16(23)6-5-7-17(13)24-22(27)20-14(2)28-19-9-8-18(26)15(21(19)20)12-25-10-3-4-11-25/h5-9,26H,3-4,10-12H2,1-2H3,(H,24,27). The van der Waals surface area contributed by atoms with Crippen molar-refractivity contribution in [1.29, 1.82) is 0 Å². The van der Waals surface area contributed by atoms with E-state index in [-0.39, 0.29) is 11.7 Å². The summed E-state index contributed by atoms with van der Waals surface area (Å²) in [6, 6.07) is 8.76. The van der Waals surface area contributed by atoms with Crippen molar-refractivity contribution >= 4 is 34.2 Å². The molecule has 2 N–H and O–H groups in total. The summed E-state index contributed by atoms with van der Waals surface area (Å²) >= 11 is 6.18. The van der Waals surface area contributed by atoms with Gasteiger partial charge in [-0.05, 0) is 69.6 Å². The van der Waals surface area contributed by atoms with Crippen LogP contribution in [0.1, 0.15) is 40.1 Å². The first-order valence-corrected chi connectivity index (χ1v) is 9.86. The summed E-state index contributed by atoms with van der Waals surface area (Å²) in [5, 5.41) is 14.8. The lowest BCUT2D eigenvalue weighted by Crippen LogP contribution is -2.19. The van der Waals surface area contributed by atoms with Gasteiger partial charge in [-0.1, -0.05) is 17.7 Å². The van der Waals surface area contributed by atoms with E-state index >= 15 is 0 Å². The molecule has 1 aliphatic heterocycles. The Morgan fingerprint density at radius 1 is 1.21 bits per heavy atom. The maximum absolute atomic E-state index is 13.2. The Morgan fingerprint density at radius 3 is 2.71 bits per heavy atom. The summed E-state index contributed by atoms with van der Waals surface area (Å²) < 4.78 is 5.86. The lowest BCUT2D eigenvalue weighted by molar-refractivity contribution is 0.102. The topological polar surface area (TPSA) is 65.7 Å². The van der Waals surface area contributed by atoms with Crippen LogP contribution in [0.4, 0.5) is 5.69 Å². The van der Waals surface area contributed by atoms with Crippen LogP contribution in [0.5, 0.6) is 5.75 Å². The molecule has 4 rings (SSSR count). The fraction of sp³-hybridized carbons (Fsp3) is 0.318. The van der Waals surface area contributed by atoms with E-state index in [0.29, 0.717) is 39.5 Å². The van der Waals surface area contributed by atoms with Crippen molar-refractivity contribution in [3.8, 4) is 5.75 Å². The van der Waals surface area contributed by atoms with Gasteiger partial charge in [-0.3, -0.25) is 9.69 Å². The van der Waals surface area contributed by atoms with Crippen LogP contribution in [-0.4, -0.2) is 29.0 Å². The number of phenols is 1. The zero-order valence-corrected chi connectivity index (χ0v) is 16.8. The van der Waals surface area contributed by atoms with E-state index < -0.39 is 0 Å². The number of aromatic hydroxyl groups is 1. The van der Waals surface area contributed by atoms with E-state index in [9.17, 15) is 9.90 Å². The van der Waals surface area contributed by atoms with Crippen LogP contribution in [0, 0.1) is 13.8 Å². The number of rotatable bonds is 4. The molecule has 3 aromatic rings. The van der Waals surface area contributed by atoms with Gasteiger partial charge in [0.15, 0.2) is 0 Å². The molecule has 5 nitrogen and oxygen atoms in total. The van der Waals surface area contributed by atoms with Crippen LogP contribution in [0.3, 0.4) is 0 Å². The number of phenolic OH excluding ortho intramolecular Hbond substituents is 1. The number of amides is 1. The number of halogens is 1. The number of furan rings is 1. The molecule has 1 aliphatic rings. The number of aryl methyl sites for hydroxylation is 1. The highest BCUT2D eigenvalue weighted by Crippen LogP contribution is 2.36. The molecule has 0 saturated carbocycles. The predicted octanol–water partition coefficient (Wildman–Crippen LogP) is 5.26. The summed E-state index contributed by atoms with van der Waals surface area (Å²) in [7, 11) is 0. The van der Waals surface area contributed by atoms with E-state index in [0.717, 1.165) is 37.1 Å². The van der Waals surface area contributed by atoms with Gasteiger partial charge in [-0.15, -0.1) is 0 Å². The van der Waals surface area contributed by atoms with Gasteiger partial charge in [-0.25, -0.2) is 0 Å². The highest BCUT2D eigenvalue weighted by molar-refractivity contribution is 6.31. The summed E-state index contributed by atoms with van der Waals surface area (Å²) in [5.41, 5.74) is 3.27. The van der Waals surface area contributed by atoms with Gasteiger partial charge in [0.05, 0.1) is 5.56 Å². The van der Waals surface area contributed by atoms with E-state index in [1.165, 1.54) is 0 Å². The molecule has 28 heavy (non-hydrogen) atoms. The molecule has 0 aliphatic carbocycles. The summed E-state index contributed by atoms with van der Waals surface area (Å²) in [6.45, 7) is 6.23. The summed E-state index contributed by atoms with van der Waals surface area (Å²) in [4.78, 5) is 15.5. The van der Waals surface area contributed by atoms with Crippen molar-refractivity contribution in [1.82, 2.24) is 4.90 Å². The Bertz CT molecular complexity index is 1050. The second-order valence-corrected chi connectivity index (χ2v) is 7.73. The zero-order valence-electron chi connectivity index (χ0n) is 16.0. The molecule has 2 heterocycles. The lowest BCUT2D eigenvalue weighted by Gasteiger charge is -2.17. The first kappa shape index (κ1) is 18.8. The number of hydrogen-bond donors (Lipinski definition) is 2. The van der Waals surface area contributed by atoms with Gasteiger partial charge < -0.3 is 14.8 Å². The number of carbonyl (C=O) groups excluding carboxylic acids is 1. The fourth-order valence-electron chi connectivity index (χ4n) is 3.89. The average Bonchev–Trinajstić information content (AvgIpc) is 3.28.